The molecular formula is C8H8N2O3. The van der Waals surface area contributed by atoms with Gasteiger partial charge in [-0.05, 0) is 0 Å². The van der Waals surface area contributed by atoms with Crippen molar-refractivity contribution >= 4 is 17.9 Å². The third-order valence-electron chi connectivity index (χ3n) is 2.12. The fourth-order valence-corrected chi connectivity index (χ4v) is 1.35. The Morgan fingerprint density at radius 3 is 1.92 bits per heavy atom. The van der Waals surface area contributed by atoms with E-state index < -0.39 is 5.66 Å². The molecule has 0 atom stereocenters. The van der Waals surface area contributed by atoms with Crippen LogP contribution in [0.15, 0.2) is 9.98 Å². The Balaban J connectivity index is 2.86. The Morgan fingerprint density at radius 1 is 1.08 bits per heavy atom. The predicted molar refractivity (Wildman–Crippen MR) is 42.4 cm³/mol. The average Bonchev–Trinajstić information content (AvgIpc) is 2.11. The number of rotatable bonds is 2. The van der Waals surface area contributed by atoms with Crippen molar-refractivity contribution < 1.29 is 14.4 Å². The van der Waals surface area contributed by atoms with Crippen LogP contribution in [0.5, 0.6) is 0 Å². The number of hydrogen-bond acceptors (Lipinski definition) is 5. The summed E-state index contributed by atoms with van der Waals surface area (Å²) >= 11 is 0. The summed E-state index contributed by atoms with van der Waals surface area (Å²) in [6.45, 7) is 0. The van der Waals surface area contributed by atoms with Gasteiger partial charge in [0.2, 0.25) is 12.2 Å². The first kappa shape index (κ1) is 9.52. The van der Waals surface area contributed by atoms with Crippen molar-refractivity contribution in [1.82, 2.24) is 0 Å². The average molecular weight is 180 g/mol. The standard InChI is InChI=1S/C8H8N2O3/c11-5-9-8(10-6-12)3-1-7(13)2-4-8/h1-4H2. The molecule has 1 fully saturated rings. The normalized spacial score (nSPS) is 19.8. The Bertz CT molecular complexity index is 281. The lowest BCUT2D eigenvalue weighted by molar-refractivity contribution is -0.121. The molecule has 0 amide bonds. The van der Waals surface area contributed by atoms with Crippen molar-refractivity contribution in [2.75, 3.05) is 0 Å². The molecular weight excluding hydrogens is 172 g/mol. The third kappa shape index (κ3) is 2.18. The molecule has 1 rings (SSSR count). The molecule has 0 aliphatic heterocycles. The topological polar surface area (TPSA) is 75.9 Å². The van der Waals surface area contributed by atoms with Gasteiger partial charge in [-0.1, -0.05) is 0 Å². The maximum atomic E-state index is 10.9. The van der Waals surface area contributed by atoms with E-state index in [1.807, 2.05) is 0 Å². The summed E-state index contributed by atoms with van der Waals surface area (Å²) in [4.78, 5) is 37.9. The number of carbonyl (C=O) groups excluding carboxylic acids is 3. The monoisotopic (exact) mass is 180 g/mol. The van der Waals surface area contributed by atoms with E-state index in [1.54, 1.807) is 0 Å². The zero-order chi connectivity index (χ0) is 9.73. The van der Waals surface area contributed by atoms with Crippen LogP contribution in [0.25, 0.3) is 0 Å². The highest BCUT2D eigenvalue weighted by atomic mass is 16.1. The van der Waals surface area contributed by atoms with Crippen LogP contribution in [0.4, 0.5) is 0 Å². The second-order valence-corrected chi connectivity index (χ2v) is 2.93. The molecule has 0 saturated heterocycles. The van der Waals surface area contributed by atoms with Gasteiger partial charge < -0.3 is 0 Å². The van der Waals surface area contributed by atoms with Gasteiger partial charge in [-0.2, -0.15) is 9.98 Å². The van der Waals surface area contributed by atoms with E-state index in [0.29, 0.717) is 25.7 Å². The quantitative estimate of drug-likeness (QED) is 0.458. The molecule has 13 heavy (non-hydrogen) atoms. The maximum absolute atomic E-state index is 10.9. The number of ketones is 1. The van der Waals surface area contributed by atoms with E-state index in [2.05, 4.69) is 9.98 Å². The highest BCUT2D eigenvalue weighted by Crippen LogP contribution is 2.30. The molecule has 68 valence electrons. The van der Waals surface area contributed by atoms with Crippen molar-refractivity contribution in [2.45, 2.75) is 31.3 Å². The molecule has 0 radical (unpaired) electrons. The lowest BCUT2D eigenvalue weighted by Crippen LogP contribution is -2.30. The van der Waals surface area contributed by atoms with Crippen LogP contribution in [0.2, 0.25) is 0 Å². The number of aliphatic imine (C=N–C) groups is 2. The largest absolute Gasteiger partial charge is 0.300 e. The summed E-state index contributed by atoms with van der Waals surface area (Å²) in [6.07, 6.45) is 3.95. The molecule has 0 aromatic rings. The van der Waals surface area contributed by atoms with Gasteiger partial charge in [-0.25, -0.2) is 9.59 Å². The van der Waals surface area contributed by atoms with Gasteiger partial charge in [0.05, 0.1) is 0 Å². The van der Waals surface area contributed by atoms with E-state index in [1.165, 1.54) is 12.2 Å². The molecule has 1 aliphatic carbocycles. The molecule has 0 aromatic carbocycles. The van der Waals surface area contributed by atoms with Gasteiger partial charge in [0.15, 0.2) is 5.66 Å². The summed E-state index contributed by atoms with van der Waals surface area (Å²) in [5, 5.41) is 0. The fourth-order valence-electron chi connectivity index (χ4n) is 1.35. The third-order valence-corrected chi connectivity index (χ3v) is 2.12. The van der Waals surface area contributed by atoms with Gasteiger partial charge in [-0.3, -0.25) is 4.79 Å². The minimum atomic E-state index is -1.06. The first-order valence-corrected chi connectivity index (χ1v) is 3.92. The number of isocyanates is 2. The summed E-state index contributed by atoms with van der Waals surface area (Å²) in [7, 11) is 0. The van der Waals surface area contributed by atoms with Crippen LogP contribution in [0.1, 0.15) is 25.7 Å². The second-order valence-electron chi connectivity index (χ2n) is 2.93. The molecule has 0 aromatic heterocycles. The highest BCUT2D eigenvalue weighted by molar-refractivity contribution is 5.79. The highest BCUT2D eigenvalue weighted by Gasteiger charge is 2.34. The molecule has 0 bridgehead atoms. The molecule has 5 heteroatoms. The van der Waals surface area contributed by atoms with Crippen molar-refractivity contribution in [1.29, 1.82) is 0 Å². The van der Waals surface area contributed by atoms with Crippen molar-refractivity contribution in [2.24, 2.45) is 9.98 Å². The van der Waals surface area contributed by atoms with E-state index in [0.717, 1.165) is 0 Å². The smallest absolute Gasteiger partial charge is 0.237 e. The Labute approximate surface area is 74.6 Å². The molecule has 0 N–H and O–H groups in total. The number of hydrogen-bond donors (Lipinski definition) is 0. The zero-order valence-electron chi connectivity index (χ0n) is 6.95. The molecule has 1 aliphatic rings. The Hall–Kier alpha value is -1.57. The minimum Gasteiger partial charge on any atom is -0.300 e. The predicted octanol–water partition coefficient (Wildman–Crippen LogP) is 0.497. The second kappa shape index (κ2) is 3.90. The number of carbonyl (C=O) groups is 1. The van der Waals surface area contributed by atoms with Crippen LogP contribution in [-0.4, -0.2) is 23.6 Å². The summed E-state index contributed by atoms with van der Waals surface area (Å²) in [6, 6.07) is 0. The van der Waals surface area contributed by atoms with Crippen molar-refractivity contribution in [3.05, 3.63) is 0 Å². The summed E-state index contributed by atoms with van der Waals surface area (Å²) < 4.78 is 0. The van der Waals surface area contributed by atoms with E-state index >= 15 is 0 Å². The van der Waals surface area contributed by atoms with Crippen LogP contribution >= 0.6 is 0 Å². The minimum absolute atomic E-state index is 0.109. The molecule has 0 heterocycles. The zero-order valence-corrected chi connectivity index (χ0v) is 6.95. The fraction of sp³-hybridized carbons (Fsp3) is 0.625. The molecule has 0 unspecified atom stereocenters. The molecule has 0 spiro atoms. The summed E-state index contributed by atoms with van der Waals surface area (Å²) in [5.41, 5.74) is -1.06. The van der Waals surface area contributed by atoms with Crippen LogP contribution in [0.3, 0.4) is 0 Å². The number of Topliss-reactive ketones (excluding diaryl/α,β-unsaturated/α-hetero) is 1. The van der Waals surface area contributed by atoms with Gasteiger partial charge in [0.25, 0.3) is 0 Å². The lowest BCUT2D eigenvalue weighted by Gasteiger charge is -2.25. The lowest BCUT2D eigenvalue weighted by atomic mass is 9.89. The van der Waals surface area contributed by atoms with Gasteiger partial charge in [0.1, 0.15) is 5.78 Å². The summed E-state index contributed by atoms with van der Waals surface area (Å²) in [5.74, 6) is 0.109. The Morgan fingerprint density at radius 2 is 1.54 bits per heavy atom. The molecule has 5 nitrogen and oxygen atoms in total. The van der Waals surface area contributed by atoms with E-state index in [4.69, 9.17) is 0 Å². The van der Waals surface area contributed by atoms with E-state index in [9.17, 15) is 14.4 Å². The number of nitrogens with zero attached hydrogens (tertiary/aromatic N) is 2. The van der Waals surface area contributed by atoms with Crippen LogP contribution in [0, 0.1) is 0 Å². The first-order valence-electron chi connectivity index (χ1n) is 3.92. The van der Waals surface area contributed by atoms with E-state index in [-0.39, 0.29) is 5.78 Å². The first-order chi connectivity index (χ1) is 6.22. The van der Waals surface area contributed by atoms with Crippen LogP contribution in [-0.2, 0) is 14.4 Å². The van der Waals surface area contributed by atoms with Crippen LogP contribution < -0.4 is 0 Å². The maximum Gasteiger partial charge on any atom is 0.237 e. The van der Waals surface area contributed by atoms with Gasteiger partial charge >= 0.3 is 0 Å². The SMILES string of the molecule is O=C=NC1(N=C=O)CCC(=O)CC1. The molecule has 1 saturated carbocycles. The van der Waals surface area contributed by atoms with Crippen molar-refractivity contribution in [3.63, 3.8) is 0 Å². The van der Waals surface area contributed by atoms with Gasteiger partial charge in [-0.15, -0.1) is 0 Å². The Kier molecular flexibility index (Phi) is 2.85. The van der Waals surface area contributed by atoms with Crippen molar-refractivity contribution in [3.8, 4) is 0 Å². The van der Waals surface area contributed by atoms with Gasteiger partial charge in [0, 0.05) is 25.7 Å².